The van der Waals surface area contributed by atoms with Crippen LogP contribution in [-0.2, 0) is 4.79 Å². The second-order valence-electron chi connectivity index (χ2n) is 5.06. The van der Waals surface area contributed by atoms with Gasteiger partial charge in [-0.2, -0.15) is 0 Å². The zero-order valence-electron chi connectivity index (χ0n) is 11.4. The number of carboxylic acids is 1. The molecule has 8 heteroatoms. The number of benzene rings is 1. The van der Waals surface area contributed by atoms with Gasteiger partial charge in [-0.25, -0.2) is 4.79 Å². The maximum absolute atomic E-state index is 11.9. The van der Waals surface area contributed by atoms with Crippen LogP contribution in [0.5, 0.6) is 0 Å². The Hall–Kier alpha value is -2.64. The summed E-state index contributed by atoms with van der Waals surface area (Å²) in [5, 5.41) is 22.0. The first-order chi connectivity index (χ1) is 9.86. The minimum absolute atomic E-state index is 0.0272. The van der Waals surface area contributed by atoms with Crippen LogP contribution in [0.4, 0.5) is 16.2 Å². The van der Waals surface area contributed by atoms with Gasteiger partial charge in [-0.15, -0.1) is 0 Å². The number of nitrogens with zero attached hydrogens (tertiary/aromatic N) is 2. The van der Waals surface area contributed by atoms with E-state index in [9.17, 15) is 19.7 Å². The monoisotopic (exact) mass is 293 g/mol. The van der Waals surface area contributed by atoms with Crippen LogP contribution in [-0.4, -0.2) is 40.0 Å². The van der Waals surface area contributed by atoms with Gasteiger partial charge in [-0.05, 0) is 13.0 Å². The average molecular weight is 293 g/mol. The van der Waals surface area contributed by atoms with E-state index in [1.54, 1.807) is 19.1 Å². The van der Waals surface area contributed by atoms with Crippen molar-refractivity contribution < 1.29 is 19.6 Å². The lowest BCUT2D eigenvalue weighted by Gasteiger charge is -2.38. The van der Waals surface area contributed by atoms with E-state index in [1.807, 2.05) is 0 Å². The normalized spacial score (nSPS) is 14.4. The standard InChI is InChI=1S/C13H15N3O5/c1-8-2-3-10(5-11(8)16(20)21)14-13(19)15-6-9(7-15)4-12(17)18/h2-3,5,9H,4,6-7H2,1H3,(H,14,19)(H,17,18). The second kappa shape index (κ2) is 5.78. The largest absolute Gasteiger partial charge is 0.481 e. The molecule has 2 rings (SSSR count). The van der Waals surface area contributed by atoms with Crippen LogP contribution < -0.4 is 5.32 Å². The van der Waals surface area contributed by atoms with Crippen LogP contribution in [0, 0.1) is 23.0 Å². The summed E-state index contributed by atoms with van der Waals surface area (Å²) in [6.45, 7) is 2.38. The van der Waals surface area contributed by atoms with Gasteiger partial charge in [0.1, 0.15) is 0 Å². The number of nitrogens with one attached hydrogen (secondary N) is 1. The van der Waals surface area contributed by atoms with E-state index in [2.05, 4.69) is 5.32 Å². The zero-order chi connectivity index (χ0) is 15.6. The molecule has 0 aliphatic carbocycles. The first-order valence-corrected chi connectivity index (χ1v) is 6.39. The Bertz CT molecular complexity index is 595. The van der Waals surface area contributed by atoms with E-state index in [1.165, 1.54) is 11.0 Å². The topological polar surface area (TPSA) is 113 Å². The molecular weight excluding hydrogens is 278 g/mol. The SMILES string of the molecule is Cc1ccc(NC(=O)N2CC(CC(=O)O)C2)cc1[N+](=O)[O-]. The summed E-state index contributed by atoms with van der Waals surface area (Å²) in [7, 11) is 0. The number of carboxylic acid groups (broad SMARTS) is 1. The molecule has 21 heavy (non-hydrogen) atoms. The molecule has 1 saturated heterocycles. The Labute approximate surface area is 120 Å². The molecule has 2 amide bonds. The fourth-order valence-corrected chi connectivity index (χ4v) is 2.20. The third kappa shape index (κ3) is 3.47. The van der Waals surface area contributed by atoms with Gasteiger partial charge in [-0.3, -0.25) is 14.9 Å². The number of aliphatic carboxylic acids is 1. The highest BCUT2D eigenvalue weighted by Gasteiger charge is 2.32. The molecule has 1 aliphatic heterocycles. The Morgan fingerprint density at radius 1 is 1.48 bits per heavy atom. The molecule has 0 atom stereocenters. The quantitative estimate of drug-likeness (QED) is 0.649. The molecule has 1 aromatic rings. The molecule has 1 aliphatic rings. The summed E-state index contributed by atoms with van der Waals surface area (Å²) in [5.74, 6) is -0.908. The van der Waals surface area contributed by atoms with Crippen LogP contribution in [0.15, 0.2) is 18.2 Å². The predicted octanol–water partition coefficient (Wildman–Crippen LogP) is 1.84. The predicted molar refractivity (Wildman–Crippen MR) is 74.2 cm³/mol. The Balaban J connectivity index is 1.94. The minimum atomic E-state index is -0.880. The van der Waals surface area contributed by atoms with Crippen molar-refractivity contribution in [1.29, 1.82) is 0 Å². The molecular formula is C13H15N3O5. The lowest BCUT2D eigenvalue weighted by atomic mass is 9.97. The zero-order valence-corrected chi connectivity index (χ0v) is 11.4. The van der Waals surface area contributed by atoms with Crippen molar-refractivity contribution in [3.8, 4) is 0 Å². The number of nitro benzene ring substituents is 1. The maximum atomic E-state index is 11.9. The summed E-state index contributed by atoms with van der Waals surface area (Å²) < 4.78 is 0. The van der Waals surface area contributed by atoms with Crippen molar-refractivity contribution in [2.75, 3.05) is 18.4 Å². The van der Waals surface area contributed by atoms with Gasteiger partial charge in [-0.1, -0.05) is 6.07 Å². The number of aryl methyl sites for hydroxylation is 1. The van der Waals surface area contributed by atoms with Crippen LogP contribution in [0.2, 0.25) is 0 Å². The summed E-state index contributed by atoms with van der Waals surface area (Å²) in [5.41, 5.74) is 0.808. The number of likely N-dealkylation sites (tertiary alicyclic amines) is 1. The first kappa shape index (κ1) is 14.8. The van der Waals surface area contributed by atoms with Crippen LogP contribution >= 0.6 is 0 Å². The molecule has 8 nitrogen and oxygen atoms in total. The van der Waals surface area contributed by atoms with Crippen LogP contribution in [0.1, 0.15) is 12.0 Å². The lowest BCUT2D eigenvalue weighted by molar-refractivity contribution is -0.385. The second-order valence-corrected chi connectivity index (χ2v) is 5.06. The van der Waals surface area contributed by atoms with Gasteiger partial charge in [0.25, 0.3) is 5.69 Å². The molecule has 0 saturated carbocycles. The molecule has 0 spiro atoms. The fourth-order valence-electron chi connectivity index (χ4n) is 2.20. The average Bonchev–Trinajstić information content (AvgIpc) is 2.34. The number of urea groups is 1. The van der Waals surface area contributed by atoms with Gasteiger partial charge in [0.15, 0.2) is 0 Å². The van der Waals surface area contributed by atoms with Crippen molar-refractivity contribution in [2.45, 2.75) is 13.3 Å². The van der Waals surface area contributed by atoms with Gasteiger partial charge < -0.3 is 15.3 Å². The summed E-state index contributed by atoms with van der Waals surface area (Å²) >= 11 is 0. The van der Waals surface area contributed by atoms with Crippen molar-refractivity contribution >= 4 is 23.4 Å². The van der Waals surface area contributed by atoms with Gasteiger partial charge >= 0.3 is 12.0 Å². The molecule has 0 bridgehead atoms. The molecule has 2 N–H and O–H groups in total. The lowest BCUT2D eigenvalue weighted by Crippen LogP contribution is -2.52. The van der Waals surface area contributed by atoms with E-state index in [0.717, 1.165) is 0 Å². The number of carbonyl (C=O) groups is 2. The highest BCUT2D eigenvalue weighted by molar-refractivity contribution is 5.90. The molecule has 112 valence electrons. The van der Waals surface area contributed by atoms with E-state index < -0.39 is 10.9 Å². The molecule has 1 fully saturated rings. The number of rotatable bonds is 4. The summed E-state index contributed by atoms with van der Waals surface area (Å²) in [6, 6.07) is 4.09. The number of anilines is 1. The van der Waals surface area contributed by atoms with E-state index in [-0.39, 0.29) is 24.1 Å². The van der Waals surface area contributed by atoms with Gasteiger partial charge in [0, 0.05) is 36.3 Å². The number of nitro groups is 1. The van der Waals surface area contributed by atoms with Gasteiger partial charge in [0.05, 0.1) is 11.3 Å². The Kier molecular flexibility index (Phi) is 4.06. The number of carbonyl (C=O) groups excluding carboxylic acids is 1. The third-order valence-electron chi connectivity index (χ3n) is 3.36. The molecule has 0 radical (unpaired) electrons. The fraction of sp³-hybridized carbons (Fsp3) is 0.385. The smallest absolute Gasteiger partial charge is 0.321 e. The van der Waals surface area contributed by atoms with Crippen molar-refractivity contribution in [3.05, 3.63) is 33.9 Å². The Morgan fingerprint density at radius 3 is 2.71 bits per heavy atom. The van der Waals surface area contributed by atoms with Crippen LogP contribution in [0.25, 0.3) is 0 Å². The molecule has 0 aromatic heterocycles. The van der Waals surface area contributed by atoms with E-state index >= 15 is 0 Å². The van der Waals surface area contributed by atoms with E-state index in [0.29, 0.717) is 24.3 Å². The number of hydrogen-bond donors (Lipinski definition) is 2. The number of hydrogen-bond acceptors (Lipinski definition) is 4. The Morgan fingerprint density at radius 2 is 2.14 bits per heavy atom. The van der Waals surface area contributed by atoms with Crippen molar-refractivity contribution in [2.24, 2.45) is 5.92 Å². The first-order valence-electron chi connectivity index (χ1n) is 6.39. The van der Waals surface area contributed by atoms with Crippen molar-refractivity contribution in [3.63, 3.8) is 0 Å². The molecule has 1 heterocycles. The summed E-state index contributed by atoms with van der Waals surface area (Å²) in [6.07, 6.45) is 0.0415. The highest BCUT2D eigenvalue weighted by atomic mass is 16.6. The number of amides is 2. The van der Waals surface area contributed by atoms with Crippen molar-refractivity contribution in [1.82, 2.24) is 4.90 Å². The third-order valence-corrected chi connectivity index (χ3v) is 3.36. The van der Waals surface area contributed by atoms with Gasteiger partial charge in [0.2, 0.25) is 0 Å². The highest BCUT2D eigenvalue weighted by Crippen LogP contribution is 2.24. The molecule has 1 aromatic carbocycles. The minimum Gasteiger partial charge on any atom is -0.481 e. The van der Waals surface area contributed by atoms with E-state index in [4.69, 9.17) is 5.11 Å². The molecule has 0 unspecified atom stereocenters. The van der Waals surface area contributed by atoms with Crippen LogP contribution in [0.3, 0.4) is 0 Å². The maximum Gasteiger partial charge on any atom is 0.321 e. The summed E-state index contributed by atoms with van der Waals surface area (Å²) in [4.78, 5) is 34.2.